The minimum atomic E-state index is -0.228. The summed E-state index contributed by atoms with van der Waals surface area (Å²) < 4.78 is 15.8. The number of fused-ring (bicyclic) bond motifs is 1. The van der Waals surface area contributed by atoms with Gasteiger partial charge in [0.25, 0.3) is 0 Å². The van der Waals surface area contributed by atoms with Gasteiger partial charge in [0, 0.05) is 18.8 Å². The fourth-order valence-electron chi connectivity index (χ4n) is 2.71. The van der Waals surface area contributed by atoms with Crippen molar-refractivity contribution in [3.05, 3.63) is 29.8 Å². The zero-order chi connectivity index (χ0) is 15.6. The summed E-state index contributed by atoms with van der Waals surface area (Å²) >= 11 is 5.92. The van der Waals surface area contributed by atoms with Gasteiger partial charge in [0.1, 0.15) is 11.6 Å². The predicted octanol–water partition coefficient (Wildman–Crippen LogP) is 3.72. The molecular formula is C16H23ClFN3. The Kier molecular flexibility index (Phi) is 5.22. The second-order valence-corrected chi connectivity index (χ2v) is 6.42. The first-order valence-corrected chi connectivity index (χ1v) is 7.84. The van der Waals surface area contributed by atoms with Crippen LogP contribution < -0.4 is 0 Å². The molecule has 0 radical (unpaired) electrons. The van der Waals surface area contributed by atoms with Gasteiger partial charge in [0.15, 0.2) is 0 Å². The standard InChI is InChI=1S/C16H23ClFN3/c1-11(2)15(10-20(3)4)21-14-9-12(18)5-6-13(14)19-16(21)7-8-17/h5-6,9,11,15H,7-8,10H2,1-4H3. The van der Waals surface area contributed by atoms with Crippen LogP contribution in [-0.4, -0.2) is 41.0 Å². The van der Waals surface area contributed by atoms with Gasteiger partial charge in [-0.1, -0.05) is 13.8 Å². The summed E-state index contributed by atoms with van der Waals surface area (Å²) in [7, 11) is 4.10. The predicted molar refractivity (Wildman–Crippen MR) is 86.5 cm³/mol. The van der Waals surface area contributed by atoms with Crippen molar-refractivity contribution < 1.29 is 4.39 Å². The Morgan fingerprint density at radius 1 is 1.33 bits per heavy atom. The topological polar surface area (TPSA) is 21.1 Å². The quantitative estimate of drug-likeness (QED) is 0.758. The second kappa shape index (κ2) is 6.75. The lowest BCUT2D eigenvalue weighted by Crippen LogP contribution is -2.29. The van der Waals surface area contributed by atoms with E-state index in [-0.39, 0.29) is 11.9 Å². The highest BCUT2D eigenvalue weighted by Crippen LogP contribution is 2.27. The van der Waals surface area contributed by atoms with Gasteiger partial charge in [-0.15, -0.1) is 11.6 Å². The lowest BCUT2D eigenvalue weighted by molar-refractivity contribution is 0.269. The SMILES string of the molecule is CC(C)C(CN(C)C)n1c(CCCl)nc2ccc(F)cc21. The molecule has 2 aromatic rings. The molecular weight excluding hydrogens is 289 g/mol. The van der Waals surface area contributed by atoms with E-state index in [1.807, 2.05) is 0 Å². The number of alkyl halides is 1. The minimum Gasteiger partial charge on any atom is -0.323 e. The summed E-state index contributed by atoms with van der Waals surface area (Å²) in [5, 5.41) is 0. The van der Waals surface area contributed by atoms with E-state index < -0.39 is 0 Å². The van der Waals surface area contributed by atoms with E-state index >= 15 is 0 Å². The number of likely N-dealkylation sites (N-methyl/N-ethyl adjacent to an activating group) is 1. The molecule has 21 heavy (non-hydrogen) atoms. The number of aromatic nitrogens is 2. The number of benzene rings is 1. The molecule has 0 aliphatic rings. The summed E-state index contributed by atoms with van der Waals surface area (Å²) in [6.07, 6.45) is 0.689. The fraction of sp³-hybridized carbons (Fsp3) is 0.562. The Labute approximate surface area is 130 Å². The van der Waals surface area contributed by atoms with Crippen LogP contribution in [-0.2, 0) is 6.42 Å². The first kappa shape index (κ1) is 16.2. The Hall–Kier alpha value is -1.13. The highest BCUT2D eigenvalue weighted by molar-refractivity contribution is 6.17. The number of rotatable bonds is 6. The molecule has 1 aromatic heterocycles. The fourth-order valence-corrected chi connectivity index (χ4v) is 2.88. The second-order valence-electron chi connectivity index (χ2n) is 6.04. The molecule has 1 aromatic carbocycles. The molecule has 0 fully saturated rings. The normalized spacial score (nSPS) is 13.5. The van der Waals surface area contributed by atoms with E-state index in [4.69, 9.17) is 11.6 Å². The monoisotopic (exact) mass is 311 g/mol. The van der Waals surface area contributed by atoms with Gasteiger partial charge < -0.3 is 9.47 Å². The van der Waals surface area contributed by atoms with E-state index in [0.29, 0.717) is 18.2 Å². The zero-order valence-electron chi connectivity index (χ0n) is 13.1. The van der Waals surface area contributed by atoms with E-state index in [0.717, 1.165) is 23.4 Å². The Bertz CT molecular complexity index is 607. The van der Waals surface area contributed by atoms with Gasteiger partial charge >= 0.3 is 0 Å². The van der Waals surface area contributed by atoms with Crippen LogP contribution in [0.4, 0.5) is 4.39 Å². The average molecular weight is 312 g/mol. The zero-order valence-corrected chi connectivity index (χ0v) is 13.9. The molecule has 3 nitrogen and oxygen atoms in total. The van der Waals surface area contributed by atoms with Crippen molar-refractivity contribution in [2.45, 2.75) is 26.3 Å². The number of hydrogen-bond donors (Lipinski definition) is 0. The van der Waals surface area contributed by atoms with E-state index in [9.17, 15) is 4.39 Å². The molecule has 2 rings (SSSR count). The van der Waals surface area contributed by atoms with Crippen LogP contribution in [0, 0.1) is 11.7 Å². The van der Waals surface area contributed by atoms with Crippen molar-refractivity contribution >= 4 is 22.6 Å². The molecule has 0 bridgehead atoms. The lowest BCUT2D eigenvalue weighted by Gasteiger charge is -2.28. The molecule has 5 heteroatoms. The summed E-state index contributed by atoms with van der Waals surface area (Å²) in [6.45, 7) is 5.25. The van der Waals surface area contributed by atoms with Gasteiger partial charge in [0.05, 0.1) is 17.1 Å². The third kappa shape index (κ3) is 3.55. The number of nitrogens with zero attached hydrogens (tertiary/aromatic N) is 3. The van der Waals surface area contributed by atoms with Crippen LogP contribution in [0.1, 0.15) is 25.7 Å². The molecule has 0 saturated heterocycles. The molecule has 0 saturated carbocycles. The highest BCUT2D eigenvalue weighted by Gasteiger charge is 2.22. The molecule has 0 N–H and O–H groups in total. The van der Waals surface area contributed by atoms with Gasteiger partial charge in [-0.3, -0.25) is 0 Å². The third-order valence-electron chi connectivity index (χ3n) is 3.70. The molecule has 0 amide bonds. The van der Waals surface area contributed by atoms with Gasteiger partial charge in [-0.25, -0.2) is 9.37 Å². The van der Waals surface area contributed by atoms with Crippen LogP contribution >= 0.6 is 11.6 Å². The van der Waals surface area contributed by atoms with Crippen LogP contribution in [0.5, 0.6) is 0 Å². The van der Waals surface area contributed by atoms with E-state index in [1.165, 1.54) is 6.07 Å². The van der Waals surface area contributed by atoms with Crippen molar-refractivity contribution in [3.63, 3.8) is 0 Å². The lowest BCUT2D eigenvalue weighted by atomic mass is 10.0. The average Bonchev–Trinajstić information content (AvgIpc) is 2.73. The van der Waals surface area contributed by atoms with Crippen LogP contribution in [0.2, 0.25) is 0 Å². The largest absolute Gasteiger partial charge is 0.323 e. The Balaban J connectivity index is 2.61. The molecule has 1 unspecified atom stereocenters. The summed E-state index contributed by atoms with van der Waals surface area (Å²) in [5.41, 5.74) is 1.69. The summed E-state index contributed by atoms with van der Waals surface area (Å²) in [4.78, 5) is 6.80. The van der Waals surface area contributed by atoms with Crippen LogP contribution in [0.3, 0.4) is 0 Å². The number of imidazole rings is 1. The van der Waals surface area contributed by atoms with Crippen LogP contribution in [0.15, 0.2) is 18.2 Å². The number of aryl methyl sites for hydroxylation is 1. The molecule has 0 aliphatic carbocycles. The first-order valence-electron chi connectivity index (χ1n) is 7.31. The Morgan fingerprint density at radius 2 is 2.05 bits per heavy atom. The van der Waals surface area contributed by atoms with E-state index in [1.54, 1.807) is 12.1 Å². The maximum atomic E-state index is 13.7. The van der Waals surface area contributed by atoms with Crippen molar-refractivity contribution in [1.82, 2.24) is 14.5 Å². The van der Waals surface area contributed by atoms with Gasteiger partial charge in [-0.2, -0.15) is 0 Å². The summed E-state index contributed by atoms with van der Waals surface area (Å²) in [6, 6.07) is 5.02. The maximum absolute atomic E-state index is 13.7. The maximum Gasteiger partial charge on any atom is 0.125 e. The highest BCUT2D eigenvalue weighted by atomic mass is 35.5. The molecule has 0 spiro atoms. The van der Waals surface area contributed by atoms with Crippen molar-refractivity contribution in [1.29, 1.82) is 0 Å². The van der Waals surface area contributed by atoms with Gasteiger partial charge in [-0.05, 0) is 38.2 Å². The third-order valence-corrected chi connectivity index (χ3v) is 3.89. The number of hydrogen-bond acceptors (Lipinski definition) is 2. The smallest absolute Gasteiger partial charge is 0.125 e. The molecule has 1 heterocycles. The van der Waals surface area contributed by atoms with Crippen LogP contribution in [0.25, 0.3) is 11.0 Å². The van der Waals surface area contributed by atoms with Crippen molar-refractivity contribution in [3.8, 4) is 0 Å². The summed E-state index contributed by atoms with van der Waals surface area (Å²) in [5.74, 6) is 1.64. The molecule has 1 atom stereocenters. The van der Waals surface area contributed by atoms with Crippen molar-refractivity contribution in [2.24, 2.45) is 5.92 Å². The molecule has 116 valence electrons. The first-order chi connectivity index (χ1) is 9.93. The number of halogens is 2. The van der Waals surface area contributed by atoms with E-state index in [2.05, 4.69) is 42.4 Å². The van der Waals surface area contributed by atoms with Gasteiger partial charge in [0.2, 0.25) is 0 Å². The molecule has 0 aliphatic heterocycles. The minimum absolute atomic E-state index is 0.228. The Morgan fingerprint density at radius 3 is 2.62 bits per heavy atom. The van der Waals surface area contributed by atoms with Crippen molar-refractivity contribution in [2.75, 3.05) is 26.5 Å².